The lowest BCUT2D eigenvalue weighted by Gasteiger charge is -2.33. The molecule has 1 aliphatic rings. The van der Waals surface area contributed by atoms with Crippen LogP contribution in [0.5, 0.6) is 0 Å². The maximum atomic E-state index is 12.2. The monoisotopic (exact) mass is 399 g/mol. The molecule has 3 rings (SSSR count). The second kappa shape index (κ2) is 8.68. The number of carboxylic acid groups (broad SMARTS) is 1. The van der Waals surface area contributed by atoms with Gasteiger partial charge >= 0.3 is 12.1 Å². The minimum Gasteiger partial charge on any atom is -0.481 e. The van der Waals surface area contributed by atoms with Crippen LogP contribution < -0.4 is 0 Å². The number of aliphatic carboxylic acids is 1. The Morgan fingerprint density at radius 2 is 1.93 bits per heavy atom. The number of carbonyl (C=O) groups is 2. The number of benzene rings is 1. The summed E-state index contributed by atoms with van der Waals surface area (Å²) in [4.78, 5) is 24.9. The summed E-state index contributed by atoms with van der Waals surface area (Å²) >= 11 is 0. The van der Waals surface area contributed by atoms with Gasteiger partial charge in [-0.25, -0.2) is 4.79 Å². The lowest BCUT2D eigenvalue weighted by atomic mass is 9.97. The van der Waals surface area contributed by atoms with Crippen LogP contribution in [0.2, 0.25) is 0 Å². The Hall–Kier alpha value is -2.83. The molecule has 0 bridgehead atoms. The van der Waals surface area contributed by atoms with Crippen LogP contribution in [0.1, 0.15) is 39.2 Å². The minimum absolute atomic E-state index is 0.0121. The Kier molecular flexibility index (Phi) is 6.25. The Balaban J connectivity index is 1.55. The van der Waals surface area contributed by atoms with E-state index in [9.17, 15) is 9.59 Å². The van der Waals surface area contributed by atoms with Gasteiger partial charge in [-0.3, -0.25) is 9.48 Å². The predicted octanol–water partition coefficient (Wildman–Crippen LogP) is 3.82. The normalized spacial score (nSPS) is 15.3. The van der Waals surface area contributed by atoms with Crippen LogP contribution in [0.25, 0.3) is 11.1 Å². The van der Waals surface area contributed by atoms with Gasteiger partial charge in [-0.1, -0.05) is 24.3 Å². The Bertz CT molecular complexity index is 861. The highest BCUT2D eigenvalue weighted by Crippen LogP contribution is 2.24. The van der Waals surface area contributed by atoms with Crippen LogP contribution in [-0.2, 0) is 22.5 Å². The molecule has 1 saturated heterocycles. The molecule has 2 aromatic rings. The van der Waals surface area contributed by atoms with Crippen LogP contribution >= 0.6 is 0 Å². The van der Waals surface area contributed by atoms with Crippen molar-refractivity contribution in [3.05, 3.63) is 42.2 Å². The number of carboxylic acids is 1. The number of hydrogen-bond acceptors (Lipinski definition) is 4. The smallest absolute Gasteiger partial charge is 0.410 e. The van der Waals surface area contributed by atoms with Crippen molar-refractivity contribution in [3.8, 4) is 11.1 Å². The van der Waals surface area contributed by atoms with Crippen molar-refractivity contribution < 1.29 is 19.4 Å². The fraction of sp³-hybridized carbons (Fsp3) is 0.500. The molecule has 0 saturated carbocycles. The van der Waals surface area contributed by atoms with E-state index in [0.717, 1.165) is 36.1 Å². The standard InChI is InChI=1S/C22H29N3O4/c1-22(2,3)29-21(28)24-9-7-16(8-10-24)14-25-15-19(13-23-25)18-6-4-5-17(11-18)12-20(26)27/h4-6,11,13,15-16H,7-10,12,14H2,1-3H3,(H,26,27). The van der Waals surface area contributed by atoms with Crippen molar-refractivity contribution in [1.82, 2.24) is 14.7 Å². The number of amides is 1. The van der Waals surface area contributed by atoms with Gasteiger partial charge < -0.3 is 14.7 Å². The molecule has 1 amide bonds. The molecule has 2 heterocycles. The second-order valence-corrected chi connectivity index (χ2v) is 8.63. The summed E-state index contributed by atoms with van der Waals surface area (Å²) in [5.74, 6) is -0.379. The number of carbonyl (C=O) groups excluding carboxylic acids is 1. The third-order valence-electron chi connectivity index (χ3n) is 4.96. The average Bonchev–Trinajstić information content (AvgIpc) is 3.09. The molecule has 7 nitrogen and oxygen atoms in total. The fourth-order valence-corrected chi connectivity index (χ4v) is 3.54. The van der Waals surface area contributed by atoms with Crippen molar-refractivity contribution in [2.75, 3.05) is 13.1 Å². The van der Waals surface area contributed by atoms with E-state index in [4.69, 9.17) is 9.84 Å². The summed E-state index contributed by atoms with van der Waals surface area (Å²) in [5, 5.41) is 13.4. The highest BCUT2D eigenvalue weighted by atomic mass is 16.6. The first-order valence-electron chi connectivity index (χ1n) is 10.0. The molecule has 0 aliphatic carbocycles. The highest BCUT2D eigenvalue weighted by Gasteiger charge is 2.27. The zero-order chi connectivity index (χ0) is 21.0. The maximum absolute atomic E-state index is 12.2. The highest BCUT2D eigenvalue weighted by molar-refractivity contribution is 5.72. The molecule has 0 spiro atoms. The number of aromatic nitrogens is 2. The third kappa shape index (κ3) is 6.07. The zero-order valence-corrected chi connectivity index (χ0v) is 17.3. The summed E-state index contributed by atoms with van der Waals surface area (Å²) in [6.45, 7) is 7.84. The average molecular weight is 399 g/mol. The second-order valence-electron chi connectivity index (χ2n) is 8.63. The van der Waals surface area contributed by atoms with E-state index in [1.165, 1.54) is 0 Å². The molecule has 1 fully saturated rings. The number of ether oxygens (including phenoxy) is 1. The van der Waals surface area contributed by atoms with Crippen LogP contribution in [0.4, 0.5) is 4.79 Å². The molecular formula is C22H29N3O4. The number of rotatable bonds is 5. The van der Waals surface area contributed by atoms with Crippen LogP contribution in [0.3, 0.4) is 0 Å². The van der Waals surface area contributed by atoms with Gasteiger partial charge in [0.05, 0.1) is 12.6 Å². The third-order valence-corrected chi connectivity index (χ3v) is 4.96. The predicted molar refractivity (Wildman–Crippen MR) is 110 cm³/mol. The van der Waals surface area contributed by atoms with E-state index in [-0.39, 0.29) is 12.5 Å². The molecule has 1 aliphatic heterocycles. The van der Waals surface area contributed by atoms with Crippen LogP contribution in [-0.4, -0.2) is 50.5 Å². The summed E-state index contributed by atoms with van der Waals surface area (Å²) in [5.41, 5.74) is 2.25. The molecule has 7 heteroatoms. The van der Waals surface area contributed by atoms with Gasteiger partial charge in [0.2, 0.25) is 0 Å². The Labute approximate surface area is 171 Å². The van der Waals surface area contributed by atoms with E-state index in [2.05, 4.69) is 5.10 Å². The van der Waals surface area contributed by atoms with Crippen LogP contribution in [0.15, 0.2) is 36.7 Å². The Morgan fingerprint density at radius 1 is 1.21 bits per heavy atom. The van der Waals surface area contributed by atoms with Crippen molar-refractivity contribution in [2.45, 2.75) is 52.2 Å². The lowest BCUT2D eigenvalue weighted by Crippen LogP contribution is -2.42. The molecule has 1 N–H and O–H groups in total. The number of likely N-dealkylation sites (tertiary alicyclic amines) is 1. The summed E-state index contributed by atoms with van der Waals surface area (Å²) in [6.07, 6.45) is 5.43. The molecule has 1 aromatic carbocycles. The Morgan fingerprint density at radius 3 is 2.59 bits per heavy atom. The topological polar surface area (TPSA) is 84.7 Å². The van der Waals surface area contributed by atoms with Crippen molar-refractivity contribution in [1.29, 1.82) is 0 Å². The largest absolute Gasteiger partial charge is 0.481 e. The lowest BCUT2D eigenvalue weighted by molar-refractivity contribution is -0.136. The van der Waals surface area contributed by atoms with Gasteiger partial charge in [-0.2, -0.15) is 5.10 Å². The van der Waals surface area contributed by atoms with Gasteiger partial charge in [0.1, 0.15) is 5.60 Å². The van der Waals surface area contributed by atoms with E-state index in [1.807, 2.05) is 62.1 Å². The van der Waals surface area contributed by atoms with Gasteiger partial charge in [0, 0.05) is 31.4 Å². The van der Waals surface area contributed by atoms with Gasteiger partial charge in [0.25, 0.3) is 0 Å². The molecule has 0 atom stereocenters. The molecule has 0 radical (unpaired) electrons. The van der Waals surface area contributed by atoms with E-state index >= 15 is 0 Å². The van der Waals surface area contributed by atoms with E-state index in [0.29, 0.717) is 19.0 Å². The minimum atomic E-state index is -0.837. The summed E-state index contributed by atoms with van der Waals surface area (Å²) in [7, 11) is 0. The first kappa shape index (κ1) is 20.9. The zero-order valence-electron chi connectivity index (χ0n) is 17.3. The molecule has 0 unspecified atom stereocenters. The first-order chi connectivity index (χ1) is 13.7. The first-order valence-corrected chi connectivity index (χ1v) is 10.0. The molecule has 1 aromatic heterocycles. The number of piperidine rings is 1. The fourth-order valence-electron chi connectivity index (χ4n) is 3.54. The molecule has 156 valence electrons. The van der Waals surface area contributed by atoms with Crippen molar-refractivity contribution in [3.63, 3.8) is 0 Å². The van der Waals surface area contributed by atoms with Crippen molar-refractivity contribution >= 4 is 12.1 Å². The quantitative estimate of drug-likeness (QED) is 0.826. The van der Waals surface area contributed by atoms with E-state index < -0.39 is 11.6 Å². The SMILES string of the molecule is CC(C)(C)OC(=O)N1CCC(Cn2cc(-c3cccc(CC(=O)O)c3)cn2)CC1. The van der Waals surface area contributed by atoms with Crippen molar-refractivity contribution in [2.24, 2.45) is 5.92 Å². The van der Waals surface area contributed by atoms with Crippen LogP contribution in [0, 0.1) is 5.92 Å². The summed E-state index contributed by atoms with van der Waals surface area (Å²) in [6, 6.07) is 7.55. The molecular weight excluding hydrogens is 370 g/mol. The number of nitrogens with zero attached hydrogens (tertiary/aromatic N) is 3. The van der Waals surface area contributed by atoms with Gasteiger partial charge in [0.15, 0.2) is 0 Å². The summed E-state index contributed by atoms with van der Waals surface area (Å²) < 4.78 is 7.39. The van der Waals surface area contributed by atoms with Gasteiger partial charge in [-0.05, 0) is 50.7 Å². The molecule has 29 heavy (non-hydrogen) atoms. The van der Waals surface area contributed by atoms with E-state index in [1.54, 1.807) is 4.90 Å². The maximum Gasteiger partial charge on any atom is 0.410 e. The van der Waals surface area contributed by atoms with Gasteiger partial charge in [-0.15, -0.1) is 0 Å². The number of hydrogen-bond donors (Lipinski definition) is 1.